The minimum absolute atomic E-state index is 0.184. The molecule has 1 unspecified atom stereocenters. The molecule has 0 radical (unpaired) electrons. The number of rotatable bonds is 5. The molecule has 0 saturated carbocycles. The number of hydrogen-bond acceptors (Lipinski definition) is 5. The van der Waals surface area contributed by atoms with E-state index in [2.05, 4.69) is 40.0 Å². The quantitative estimate of drug-likeness (QED) is 0.810. The van der Waals surface area contributed by atoms with Crippen LogP contribution in [0.3, 0.4) is 0 Å². The Morgan fingerprint density at radius 1 is 1.03 bits per heavy atom. The van der Waals surface area contributed by atoms with Crippen LogP contribution in [0.2, 0.25) is 0 Å². The van der Waals surface area contributed by atoms with E-state index < -0.39 is 0 Å². The number of amides is 1. The van der Waals surface area contributed by atoms with Crippen molar-refractivity contribution in [1.29, 1.82) is 0 Å². The van der Waals surface area contributed by atoms with Crippen LogP contribution in [0.4, 0.5) is 11.6 Å². The van der Waals surface area contributed by atoms with Gasteiger partial charge in [0.25, 0.3) is 0 Å². The summed E-state index contributed by atoms with van der Waals surface area (Å²) in [5, 5.41) is 3.27. The predicted molar refractivity (Wildman–Crippen MR) is 120 cm³/mol. The zero-order valence-corrected chi connectivity index (χ0v) is 18.1. The Labute approximate surface area is 179 Å². The fourth-order valence-electron chi connectivity index (χ4n) is 4.66. The maximum atomic E-state index is 13.2. The largest absolute Gasteiger partial charge is 0.342 e. The number of aromatic nitrogens is 2. The van der Waals surface area contributed by atoms with E-state index >= 15 is 0 Å². The molecule has 0 aliphatic carbocycles. The van der Waals surface area contributed by atoms with E-state index in [-0.39, 0.29) is 5.92 Å². The first-order chi connectivity index (χ1) is 14.6. The summed E-state index contributed by atoms with van der Waals surface area (Å²) in [6.07, 6.45) is 5.86. The van der Waals surface area contributed by atoms with Crippen LogP contribution < -0.4 is 5.32 Å². The molecule has 4 rings (SSSR count). The average Bonchev–Trinajstić information content (AvgIpc) is 2.79. The van der Waals surface area contributed by atoms with Crippen LogP contribution in [0.25, 0.3) is 0 Å². The third kappa shape index (κ3) is 4.98. The third-order valence-electron chi connectivity index (χ3n) is 6.45. The normalized spacial score (nSPS) is 21.0. The molecule has 160 valence electrons. The lowest BCUT2D eigenvalue weighted by atomic mass is 9.90. The second-order valence-corrected chi connectivity index (χ2v) is 8.82. The molecule has 1 amide bonds. The summed E-state index contributed by atoms with van der Waals surface area (Å²) in [5.74, 6) is 2.42. The van der Waals surface area contributed by atoms with Crippen molar-refractivity contribution in [2.45, 2.75) is 51.5 Å². The van der Waals surface area contributed by atoms with E-state index in [0.29, 0.717) is 17.9 Å². The molecule has 0 spiro atoms. The van der Waals surface area contributed by atoms with Crippen molar-refractivity contribution in [2.75, 3.05) is 31.5 Å². The number of pyridine rings is 2. The second-order valence-electron chi connectivity index (χ2n) is 8.82. The van der Waals surface area contributed by atoms with E-state index in [1.54, 1.807) is 6.20 Å². The highest BCUT2D eigenvalue weighted by Crippen LogP contribution is 2.29. The summed E-state index contributed by atoms with van der Waals surface area (Å²) in [6.45, 7) is 8.21. The van der Waals surface area contributed by atoms with E-state index in [4.69, 9.17) is 4.98 Å². The number of nitrogens with one attached hydrogen (secondary N) is 1. The lowest BCUT2D eigenvalue weighted by Crippen LogP contribution is -2.47. The van der Waals surface area contributed by atoms with Gasteiger partial charge in [0.15, 0.2) is 0 Å². The summed E-state index contributed by atoms with van der Waals surface area (Å²) in [6, 6.07) is 12.4. The zero-order valence-electron chi connectivity index (χ0n) is 18.1. The van der Waals surface area contributed by atoms with Gasteiger partial charge in [0, 0.05) is 42.9 Å². The Balaban J connectivity index is 1.38. The SMILES string of the molecule is CC(C)N1CCC(C(=O)N2CCCC(c3cccc(Nc4ccccn4)n3)C2)CC1. The Bertz CT molecular complexity index is 832. The van der Waals surface area contributed by atoms with Gasteiger partial charge in [-0.3, -0.25) is 4.79 Å². The fourth-order valence-corrected chi connectivity index (χ4v) is 4.66. The van der Waals surface area contributed by atoms with Gasteiger partial charge in [0.2, 0.25) is 5.91 Å². The van der Waals surface area contributed by atoms with Gasteiger partial charge >= 0.3 is 0 Å². The van der Waals surface area contributed by atoms with Gasteiger partial charge in [-0.15, -0.1) is 0 Å². The zero-order chi connectivity index (χ0) is 20.9. The molecule has 1 N–H and O–H groups in total. The van der Waals surface area contributed by atoms with E-state index in [1.165, 1.54) is 0 Å². The molecule has 2 saturated heterocycles. The Kier molecular flexibility index (Phi) is 6.62. The van der Waals surface area contributed by atoms with E-state index in [0.717, 1.165) is 69.2 Å². The molecule has 6 heteroatoms. The Morgan fingerprint density at radius 2 is 1.83 bits per heavy atom. The van der Waals surface area contributed by atoms with Crippen molar-refractivity contribution in [3.8, 4) is 0 Å². The van der Waals surface area contributed by atoms with Crippen LogP contribution in [0.15, 0.2) is 42.6 Å². The number of anilines is 2. The van der Waals surface area contributed by atoms with Gasteiger partial charge in [-0.25, -0.2) is 9.97 Å². The average molecular weight is 408 g/mol. The van der Waals surface area contributed by atoms with Crippen LogP contribution in [0, 0.1) is 5.92 Å². The van der Waals surface area contributed by atoms with Gasteiger partial charge < -0.3 is 15.1 Å². The summed E-state index contributed by atoms with van der Waals surface area (Å²) in [7, 11) is 0. The number of likely N-dealkylation sites (tertiary alicyclic amines) is 2. The summed E-state index contributed by atoms with van der Waals surface area (Å²) < 4.78 is 0. The second kappa shape index (κ2) is 9.56. The maximum Gasteiger partial charge on any atom is 0.225 e. The number of carbonyl (C=O) groups is 1. The van der Waals surface area contributed by atoms with Crippen LogP contribution >= 0.6 is 0 Å². The van der Waals surface area contributed by atoms with E-state index in [1.807, 2.05) is 30.3 Å². The van der Waals surface area contributed by atoms with Crippen molar-refractivity contribution >= 4 is 17.5 Å². The molecule has 1 atom stereocenters. The molecule has 2 fully saturated rings. The molecule has 6 nitrogen and oxygen atoms in total. The lowest BCUT2D eigenvalue weighted by molar-refractivity contribution is -0.138. The molecule has 30 heavy (non-hydrogen) atoms. The molecule has 0 bridgehead atoms. The van der Waals surface area contributed by atoms with Crippen molar-refractivity contribution in [1.82, 2.24) is 19.8 Å². The summed E-state index contributed by atoms with van der Waals surface area (Å²) in [4.78, 5) is 26.9. The van der Waals surface area contributed by atoms with Gasteiger partial charge in [-0.1, -0.05) is 12.1 Å². The van der Waals surface area contributed by atoms with Gasteiger partial charge in [0.05, 0.1) is 0 Å². The van der Waals surface area contributed by atoms with Crippen LogP contribution in [0.5, 0.6) is 0 Å². The minimum Gasteiger partial charge on any atom is -0.342 e. The van der Waals surface area contributed by atoms with Crippen LogP contribution in [-0.4, -0.2) is 57.9 Å². The van der Waals surface area contributed by atoms with Gasteiger partial charge in [-0.2, -0.15) is 0 Å². The highest BCUT2D eigenvalue weighted by molar-refractivity contribution is 5.79. The van der Waals surface area contributed by atoms with Gasteiger partial charge in [-0.05, 0) is 76.9 Å². The van der Waals surface area contributed by atoms with Crippen molar-refractivity contribution in [3.05, 3.63) is 48.3 Å². The number of hydrogen-bond donors (Lipinski definition) is 1. The standard InChI is InChI=1S/C24H33N5O/c1-18(2)28-15-11-19(12-16-28)24(30)29-14-6-7-20(17-29)21-8-5-10-23(26-21)27-22-9-3-4-13-25-22/h3-5,8-10,13,18-20H,6-7,11-12,14-17H2,1-2H3,(H,25,26,27). The molecule has 2 aromatic heterocycles. The lowest BCUT2D eigenvalue weighted by Gasteiger charge is -2.38. The third-order valence-corrected chi connectivity index (χ3v) is 6.45. The molecular weight excluding hydrogens is 374 g/mol. The molecule has 0 aromatic carbocycles. The van der Waals surface area contributed by atoms with Crippen LogP contribution in [0.1, 0.15) is 51.1 Å². The smallest absolute Gasteiger partial charge is 0.225 e. The van der Waals surface area contributed by atoms with E-state index in [9.17, 15) is 4.79 Å². The topological polar surface area (TPSA) is 61.4 Å². The first-order valence-corrected chi connectivity index (χ1v) is 11.3. The van der Waals surface area contributed by atoms with Crippen molar-refractivity contribution < 1.29 is 4.79 Å². The highest BCUT2D eigenvalue weighted by atomic mass is 16.2. The fraction of sp³-hybridized carbons (Fsp3) is 0.542. The molecular formula is C24H33N5O. The first kappa shape index (κ1) is 20.8. The number of piperidine rings is 2. The predicted octanol–water partition coefficient (Wildman–Crippen LogP) is 4.05. The molecule has 2 aromatic rings. The molecule has 4 heterocycles. The summed E-state index contributed by atoms with van der Waals surface area (Å²) >= 11 is 0. The van der Waals surface area contributed by atoms with Crippen molar-refractivity contribution in [2.24, 2.45) is 5.92 Å². The monoisotopic (exact) mass is 407 g/mol. The number of nitrogens with zero attached hydrogens (tertiary/aromatic N) is 4. The maximum absolute atomic E-state index is 13.2. The number of carbonyl (C=O) groups excluding carboxylic acids is 1. The van der Waals surface area contributed by atoms with Crippen molar-refractivity contribution in [3.63, 3.8) is 0 Å². The minimum atomic E-state index is 0.184. The Hall–Kier alpha value is -2.47. The molecule has 2 aliphatic heterocycles. The first-order valence-electron chi connectivity index (χ1n) is 11.3. The van der Waals surface area contributed by atoms with Gasteiger partial charge in [0.1, 0.15) is 11.6 Å². The highest BCUT2D eigenvalue weighted by Gasteiger charge is 2.32. The Morgan fingerprint density at radius 3 is 2.57 bits per heavy atom. The summed E-state index contributed by atoms with van der Waals surface area (Å²) in [5.41, 5.74) is 1.06. The van der Waals surface area contributed by atoms with Crippen LogP contribution in [-0.2, 0) is 4.79 Å². The molecule has 2 aliphatic rings.